The first kappa shape index (κ1) is 24.0. The molecule has 1 N–H and O–H groups in total. The Balaban J connectivity index is 1.87. The summed E-state index contributed by atoms with van der Waals surface area (Å²) in [6.45, 7) is 5.89. The van der Waals surface area contributed by atoms with Gasteiger partial charge in [0.25, 0.3) is 5.56 Å². The molecule has 1 aromatic carbocycles. The molecule has 0 aliphatic rings. The fourth-order valence-corrected chi connectivity index (χ4v) is 5.25. The van der Waals surface area contributed by atoms with Gasteiger partial charge in [-0.15, -0.1) is 11.3 Å². The summed E-state index contributed by atoms with van der Waals surface area (Å²) in [6, 6.07) is 6.85. The van der Waals surface area contributed by atoms with Crippen LogP contribution in [0, 0.1) is 13.8 Å². The molecule has 170 valence electrons. The number of nitrogens with zero attached hydrogens (tertiary/aromatic N) is 2. The van der Waals surface area contributed by atoms with Crippen molar-refractivity contribution in [3.63, 3.8) is 0 Å². The third-order valence-electron chi connectivity index (χ3n) is 4.98. The Morgan fingerprint density at radius 3 is 2.66 bits per heavy atom. The van der Waals surface area contributed by atoms with Gasteiger partial charge in [0, 0.05) is 12.0 Å². The Morgan fingerprint density at radius 1 is 1.25 bits per heavy atom. The number of hydrogen-bond donors (Lipinski definition) is 1. The van der Waals surface area contributed by atoms with Crippen LogP contribution in [-0.2, 0) is 14.3 Å². The molecule has 0 aliphatic carbocycles. The van der Waals surface area contributed by atoms with Crippen LogP contribution in [0.25, 0.3) is 10.9 Å². The number of thioether (sulfide) groups is 1. The standard InChI is InChI=1S/C22H25N3O5S2/c1-12(10-29-4)25-20(27)15-8-6-7-9-16(15)23-22(25)31-11-17(26)24-19-18(21(28)30-5)13(2)14(3)32-19/h6-9,12H,10-11H2,1-5H3,(H,24,26)/t12-/m1/s1. The van der Waals surface area contributed by atoms with Crippen molar-refractivity contribution < 1.29 is 19.1 Å². The lowest BCUT2D eigenvalue weighted by Gasteiger charge is -2.18. The van der Waals surface area contributed by atoms with Crippen LogP contribution >= 0.6 is 23.1 Å². The molecule has 0 spiro atoms. The molecule has 3 aromatic rings. The van der Waals surface area contributed by atoms with Gasteiger partial charge in [-0.05, 0) is 38.5 Å². The van der Waals surface area contributed by atoms with Crippen LogP contribution in [0.1, 0.15) is 33.8 Å². The van der Waals surface area contributed by atoms with E-state index in [1.54, 1.807) is 29.9 Å². The van der Waals surface area contributed by atoms with E-state index in [0.717, 1.165) is 22.2 Å². The number of aryl methyl sites for hydroxylation is 1. The maximum Gasteiger partial charge on any atom is 0.341 e. The Kier molecular flexibility index (Phi) is 7.70. The predicted molar refractivity (Wildman–Crippen MR) is 127 cm³/mol. The lowest BCUT2D eigenvalue weighted by atomic mass is 10.1. The number of nitrogens with one attached hydrogen (secondary N) is 1. The summed E-state index contributed by atoms with van der Waals surface area (Å²) in [5.41, 5.74) is 1.53. The summed E-state index contributed by atoms with van der Waals surface area (Å²) in [6.07, 6.45) is 0. The fourth-order valence-electron chi connectivity index (χ4n) is 3.29. The van der Waals surface area contributed by atoms with E-state index in [0.29, 0.717) is 33.2 Å². The minimum absolute atomic E-state index is 0.0150. The molecule has 0 radical (unpaired) electrons. The second-order valence-electron chi connectivity index (χ2n) is 7.21. The zero-order chi connectivity index (χ0) is 23.4. The number of aromatic nitrogens is 2. The number of carbonyl (C=O) groups excluding carboxylic acids is 2. The number of rotatable bonds is 8. The van der Waals surface area contributed by atoms with Crippen molar-refractivity contribution in [3.05, 3.63) is 50.6 Å². The number of anilines is 1. The monoisotopic (exact) mass is 475 g/mol. The molecule has 0 fully saturated rings. The van der Waals surface area contributed by atoms with Crippen LogP contribution in [0.3, 0.4) is 0 Å². The molecule has 32 heavy (non-hydrogen) atoms. The van der Waals surface area contributed by atoms with E-state index >= 15 is 0 Å². The lowest BCUT2D eigenvalue weighted by molar-refractivity contribution is -0.113. The SMILES string of the molecule is COC[C@@H](C)n1c(SCC(=O)Nc2sc(C)c(C)c2C(=O)OC)nc2ccccc2c1=O. The molecule has 2 heterocycles. The molecule has 0 aliphatic heterocycles. The van der Waals surface area contributed by atoms with E-state index in [1.807, 2.05) is 26.8 Å². The molecular weight excluding hydrogens is 450 g/mol. The highest BCUT2D eigenvalue weighted by Crippen LogP contribution is 2.33. The van der Waals surface area contributed by atoms with Crippen LogP contribution in [-0.4, -0.2) is 48.0 Å². The predicted octanol–water partition coefficient (Wildman–Crippen LogP) is 3.80. The van der Waals surface area contributed by atoms with E-state index in [2.05, 4.69) is 10.3 Å². The number of ether oxygens (including phenoxy) is 2. The normalized spacial score (nSPS) is 12.0. The van der Waals surface area contributed by atoms with Crippen molar-refractivity contribution in [2.45, 2.75) is 32.0 Å². The highest BCUT2D eigenvalue weighted by atomic mass is 32.2. The van der Waals surface area contributed by atoms with Gasteiger partial charge in [0.2, 0.25) is 5.91 Å². The average Bonchev–Trinajstić information content (AvgIpc) is 3.04. The first-order valence-corrected chi connectivity index (χ1v) is 11.7. The van der Waals surface area contributed by atoms with Gasteiger partial charge in [-0.3, -0.25) is 14.2 Å². The number of methoxy groups -OCH3 is 2. The summed E-state index contributed by atoms with van der Waals surface area (Å²) in [5.74, 6) is -0.788. The molecule has 8 nitrogen and oxygen atoms in total. The van der Waals surface area contributed by atoms with Crippen LogP contribution in [0.4, 0.5) is 5.00 Å². The molecule has 0 bridgehead atoms. The maximum absolute atomic E-state index is 13.1. The number of para-hydroxylation sites is 1. The van der Waals surface area contributed by atoms with Crippen molar-refractivity contribution in [2.75, 3.05) is 31.9 Å². The summed E-state index contributed by atoms with van der Waals surface area (Å²) in [7, 11) is 2.88. The second kappa shape index (κ2) is 10.3. The molecule has 10 heteroatoms. The zero-order valence-electron chi connectivity index (χ0n) is 18.6. The Hall–Kier alpha value is -2.69. The Labute approximate surface area is 193 Å². The first-order chi connectivity index (χ1) is 15.3. The number of esters is 1. The minimum Gasteiger partial charge on any atom is -0.465 e. The smallest absolute Gasteiger partial charge is 0.341 e. The van der Waals surface area contributed by atoms with Gasteiger partial charge in [-0.2, -0.15) is 0 Å². The highest BCUT2D eigenvalue weighted by Gasteiger charge is 2.22. The molecule has 0 saturated heterocycles. The number of fused-ring (bicyclic) bond motifs is 1. The van der Waals surface area contributed by atoms with Crippen LogP contribution < -0.4 is 10.9 Å². The quantitative estimate of drug-likeness (QED) is 0.300. The largest absolute Gasteiger partial charge is 0.465 e. The van der Waals surface area contributed by atoms with E-state index < -0.39 is 5.97 Å². The van der Waals surface area contributed by atoms with E-state index in [4.69, 9.17) is 9.47 Å². The molecule has 1 atom stereocenters. The van der Waals surface area contributed by atoms with E-state index in [9.17, 15) is 14.4 Å². The van der Waals surface area contributed by atoms with Gasteiger partial charge in [-0.1, -0.05) is 23.9 Å². The van der Waals surface area contributed by atoms with Crippen molar-refractivity contribution in [1.82, 2.24) is 9.55 Å². The van der Waals surface area contributed by atoms with Crippen molar-refractivity contribution in [2.24, 2.45) is 0 Å². The molecular formula is C22H25N3O5S2. The molecule has 3 rings (SSSR count). The van der Waals surface area contributed by atoms with Gasteiger partial charge >= 0.3 is 5.97 Å². The van der Waals surface area contributed by atoms with Gasteiger partial charge in [-0.25, -0.2) is 9.78 Å². The lowest BCUT2D eigenvalue weighted by Crippen LogP contribution is -2.29. The summed E-state index contributed by atoms with van der Waals surface area (Å²) >= 11 is 2.49. The zero-order valence-corrected chi connectivity index (χ0v) is 20.2. The van der Waals surface area contributed by atoms with Gasteiger partial charge in [0.05, 0.1) is 42.0 Å². The summed E-state index contributed by atoms with van der Waals surface area (Å²) in [5, 5.41) is 4.20. The Morgan fingerprint density at radius 2 is 1.97 bits per heavy atom. The third kappa shape index (κ3) is 4.87. The van der Waals surface area contributed by atoms with E-state index in [1.165, 1.54) is 18.4 Å². The number of thiophene rings is 1. The third-order valence-corrected chi connectivity index (χ3v) is 7.06. The molecule has 1 amide bonds. The topological polar surface area (TPSA) is 99.5 Å². The van der Waals surface area contributed by atoms with Gasteiger partial charge in [0.15, 0.2) is 5.16 Å². The highest BCUT2D eigenvalue weighted by molar-refractivity contribution is 7.99. The fraction of sp³-hybridized carbons (Fsp3) is 0.364. The second-order valence-corrected chi connectivity index (χ2v) is 9.37. The first-order valence-electron chi connectivity index (χ1n) is 9.89. The average molecular weight is 476 g/mol. The van der Waals surface area contributed by atoms with Crippen molar-refractivity contribution in [3.8, 4) is 0 Å². The van der Waals surface area contributed by atoms with Crippen LogP contribution in [0.2, 0.25) is 0 Å². The maximum atomic E-state index is 13.1. The summed E-state index contributed by atoms with van der Waals surface area (Å²) < 4.78 is 11.6. The number of hydrogen-bond acceptors (Lipinski definition) is 8. The minimum atomic E-state index is -0.492. The van der Waals surface area contributed by atoms with Gasteiger partial charge < -0.3 is 14.8 Å². The number of amides is 1. The molecule has 2 aromatic heterocycles. The van der Waals surface area contributed by atoms with Crippen molar-refractivity contribution in [1.29, 1.82) is 0 Å². The molecule has 0 unspecified atom stereocenters. The molecule has 0 saturated carbocycles. The van der Waals surface area contributed by atoms with Crippen LogP contribution in [0.5, 0.6) is 0 Å². The number of carbonyl (C=O) groups is 2. The van der Waals surface area contributed by atoms with Gasteiger partial charge in [0.1, 0.15) is 5.00 Å². The van der Waals surface area contributed by atoms with Crippen LogP contribution in [0.15, 0.2) is 34.2 Å². The van der Waals surface area contributed by atoms with Crippen molar-refractivity contribution >= 4 is 50.9 Å². The summed E-state index contributed by atoms with van der Waals surface area (Å²) in [4.78, 5) is 43.5. The number of benzene rings is 1. The van der Waals surface area contributed by atoms with E-state index in [-0.39, 0.29) is 23.3 Å². The Bertz CT molecular complexity index is 1220.